The van der Waals surface area contributed by atoms with E-state index in [0.717, 1.165) is 32.1 Å². The number of rotatable bonds is 45. The largest absolute Gasteiger partial charge is 0.472 e. The standard InChI is InChI=1S/C50H97N2O6P/c1-6-8-10-12-14-16-18-20-21-22-23-24-25-26-27-28-29-30-32-33-35-37-39-41-43-49(53)48(47-58-59(55,56)57-46-45-52(3,4)5)51-50(54)44-42-40-38-36-34-31-19-17-15-13-11-9-7-2/h31,34,38,40-41,43,48-49,53H,6-30,32-33,35-37,39,42,44-47H2,1-5H3,(H-,51,54,55,56)/p+1/b34-31-,40-38-,43-41+. The number of phosphoric ester groups is 1. The SMILES string of the molecule is CCCCCCCC/C=C\C/C=C\CCC(=O)NC(COP(=O)(O)OCC[N+](C)(C)C)C(O)/C=C/CCCCCCCCCCCCCCCCCCCCCCCC. The lowest BCUT2D eigenvalue weighted by Crippen LogP contribution is -2.45. The van der Waals surface area contributed by atoms with Crippen LogP contribution in [-0.2, 0) is 18.4 Å². The first kappa shape index (κ1) is 57.7. The maximum absolute atomic E-state index is 12.8. The normalized spacial score (nSPS) is 14.5. The van der Waals surface area contributed by atoms with Crippen LogP contribution in [-0.4, -0.2) is 73.4 Å². The van der Waals surface area contributed by atoms with Crippen LogP contribution < -0.4 is 5.32 Å². The minimum atomic E-state index is -4.35. The number of quaternary nitrogens is 1. The van der Waals surface area contributed by atoms with Crippen molar-refractivity contribution in [1.29, 1.82) is 0 Å². The summed E-state index contributed by atoms with van der Waals surface area (Å²) in [5, 5.41) is 13.8. The predicted octanol–water partition coefficient (Wildman–Crippen LogP) is 14.3. The highest BCUT2D eigenvalue weighted by Crippen LogP contribution is 2.43. The first-order chi connectivity index (χ1) is 28.5. The van der Waals surface area contributed by atoms with E-state index < -0.39 is 20.0 Å². The Hall–Kier alpha value is -1.28. The number of aliphatic hydroxyl groups is 1. The maximum atomic E-state index is 12.8. The fourth-order valence-corrected chi connectivity index (χ4v) is 7.89. The predicted molar refractivity (Wildman–Crippen MR) is 254 cm³/mol. The van der Waals surface area contributed by atoms with E-state index in [9.17, 15) is 19.4 Å². The van der Waals surface area contributed by atoms with Gasteiger partial charge in [-0.15, -0.1) is 0 Å². The zero-order valence-electron chi connectivity index (χ0n) is 39.5. The van der Waals surface area contributed by atoms with Gasteiger partial charge in [0.05, 0.1) is 39.9 Å². The van der Waals surface area contributed by atoms with Gasteiger partial charge in [-0.1, -0.05) is 217 Å². The molecule has 0 saturated heterocycles. The van der Waals surface area contributed by atoms with E-state index in [0.29, 0.717) is 17.4 Å². The van der Waals surface area contributed by atoms with Gasteiger partial charge in [-0.3, -0.25) is 13.8 Å². The van der Waals surface area contributed by atoms with E-state index >= 15 is 0 Å². The lowest BCUT2D eigenvalue weighted by molar-refractivity contribution is -0.870. The molecule has 3 atom stereocenters. The quantitative estimate of drug-likeness (QED) is 0.0244. The van der Waals surface area contributed by atoms with E-state index in [2.05, 4.69) is 37.4 Å². The van der Waals surface area contributed by atoms with Gasteiger partial charge >= 0.3 is 7.82 Å². The molecule has 8 nitrogen and oxygen atoms in total. The minimum Gasteiger partial charge on any atom is -0.387 e. The van der Waals surface area contributed by atoms with Gasteiger partial charge in [0.15, 0.2) is 0 Å². The zero-order chi connectivity index (χ0) is 43.6. The summed E-state index contributed by atoms with van der Waals surface area (Å²) in [7, 11) is 1.54. The van der Waals surface area contributed by atoms with Crippen molar-refractivity contribution in [2.75, 3.05) is 40.9 Å². The zero-order valence-corrected chi connectivity index (χ0v) is 40.4. The molecular weight excluding hydrogens is 756 g/mol. The molecule has 0 radical (unpaired) electrons. The van der Waals surface area contributed by atoms with Crippen molar-refractivity contribution in [3.63, 3.8) is 0 Å². The number of nitrogens with zero attached hydrogens (tertiary/aromatic N) is 1. The molecule has 0 saturated carbocycles. The Morgan fingerprint density at radius 3 is 1.39 bits per heavy atom. The smallest absolute Gasteiger partial charge is 0.387 e. The van der Waals surface area contributed by atoms with Gasteiger partial charge in [0.2, 0.25) is 5.91 Å². The monoisotopic (exact) mass is 854 g/mol. The molecule has 348 valence electrons. The van der Waals surface area contributed by atoms with E-state index in [1.807, 2.05) is 33.3 Å². The average Bonchev–Trinajstić information content (AvgIpc) is 3.19. The summed E-state index contributed by atoms with van der Waals surface area (Å²) in [6, 6.07) is -0.875. The summed E-state index contributed by atoms with van der Waals surface area (Å²) in [4.78, 5) is 23.1. The molecule has 0 bridgehead atoms. The van der Waals surface area contributed by atoms with Gasteiger partial charge < -0.3 is 19.8 Å². The van der Waals surface area contributed by atoms with Gasteiger partial charge in [0, 0.05) is 6.42 Å². The third-order valence-electron chi connectivity index (χ3n) is 11.1. The van der Waals surface area contributed by atoms with E-state index in [1.165, 1.54) is 167 Å². The molecule has 0 aromatic carbocycles. The van der Waals surface area contributed by atoms with E-state index in [1.54, 1.807) is 6.08 Å². The number of allylic oxidation sites excluding steroid dienone is 5. The fourth-order valence-electron chi connectivity index (χ4n) is 7.15. The fraction of sp³-hybridized carbons (Fsp3) is 0.860. The van der Waals surface area contributed by atoms with Crippen LogP contribution in [0.15, 0.2) is 36.5 Å². The Labute approximate surface area is 366 Å². The number of nitrogens with one attached hydrogen (secondary N) is 1. The van der Waals surface area contributed by atoms with Gasteiger partial charge in [-0.25, -0.2) is 4.57 Å². The lowest BCUT2D eigenvalue weighted by atomic mass is 10.0. The van der Waals surface area contributed by atoms with Gasteiger partial charge in [-0.2, -0.15) is 0 Å². The summed E-state index contributed by atoms with van der Waals surface area (Å²) >= 11 is 0. The summed E-state index contributed by atoms with van der Waals surface area (Å²) in [6.45, 7) is 4.77. The van der Waals surface area contributed by atoms with E-state index in [4.69, 9.17) is 9.05 Å². The van der Waals surface area contributed by atoms with Crippen molar-refractivity contribution < 1.29 is 32.9 Å². The maximum Gasteiger partial charge on any atom is 0.472 e. The molecule has 59 heavy (non-hydrogen) atoms. The number of aliphatic hydroxyl groups excluding tert-OH is 1. The second-order valence-corrected chi connectivity index (χ2v) is 19.6. The van der Waals surface area contributed by atoms with Crippen LogP contribution in [0.25, 0.3) is 0 Å². The number of carbonyl (C=O) groups is 1. The molecular formula is C50H98N2O6P+. The highest BCUT2D eigenvalue weighted by Gasteiger charge is 2.27. The molecule has 1 amide bonds. The summed E-state index contributed by atoms with van der Waals surface area (Å²) in [5.41, 5.74) is 0. The first-order valence-electron chi connectivity index (χ1n) is 24.9. The number of unbranched alkanes of at least 4 members (excludes halogenated alkanes) is 28. The number of phosphoric acid groups is 1. The van der Waals surface area contributed by atoms with Gasteiger partial charge in [-0.05, 0) is 38.5 Å². The first-order valence-corrected chi connectivity index (χ1v) is 26.4. The number of hydrogen-bond donors (Lipinski definition) is 3. The van der Waals surface area contributed by atoms with Crippen molar-refractivity contribution >= 4 is 13.7 Å². The molecule has 0 rings (SSSR count). The third kappa shape index (κ3) is 44.6. The Bertz CT molecular complexity index is 1060. The molecule has 0 aliphatic rings. The Morgan fingerprint density at radius 1 is 0.576 bits per heavy atom. The summed E-state index contributed by atoms with van der Waals surface area (Å²) < 4.78 is 23.6. The molecule has 0 aliphatic heterocycles. The molecule has 3 unspecified atom stereocenters. The van der Waals surface area contributed by atoms with Crippen LogP contribution in [0.4, 0.5) is 0 Å². The van der Waals surface area contributed by atoms with Crippen LogP contribution in [0.3, 0.4) is 0 Å². The molecule has 0 spiro atoms. The third-order valence-corrected chi connectivity index (χ3v) is 12.1. The molecule has 3 N–H and O–H groups in total. The van der Waals surface area contributed by atoms with Crippen LogP contribution in [0, 0.1) is 0 Å². The molecule has 9 heteroatoms. The average molecular weight is 854 g/mol. The van der Waals surface area contributed by atoms with Crippen molar-refractivity contribution in [3.05, 3.63) is 36.5 Å². The molecule has 0 aromatic heterocycles. The van der Waals surface area contributed by atoms with Crippen molar-refractivity contribution in [2.45, 2.75) is 238 Å². The molecule has 0 heterocycles. The van der Waals surface area contributed by atoms with Crippen LogP contribution in [0.1, 0.15) is 226 Å². The number of hydrogen-bond acceptors (Lipinski definition) is 5. The van der Waals surface area contributed by atoms with Crippen molar-refractivity contribution in [2.24, 2.45) is 0 Å². The molecule has 0 fully saturated rings. The number of likely N-dealkylation sites (N-methyl/N-ethyl adjacent to an activating group) is 1. The van der Waals surface area contributed by atoms with Gasteiger partial charge in [0.1, 0.15) is 13.2 Å². The Morgan fingerprint density at radius 2 is 0.966 bits per heavy atom. The van der Waals surface area contributed by atoms with Crippen LogP contribution >= 0.6 is 7.82 Å². The van der Waals surface area contributed by atoms with E-state index in [-0.39, 0.29) is 25.5 Å². The van der Waals surface area contributed by atoms with Crippen LogP contribution in [0.5, 0.6) is 0 Å². The highest BCUT2D eigenvalue weighted by molar-refractivity contribution is 7.47. The second-order valence-electron chi connectivity index (χ2n) is 18.2. The topological polar surface area (TPSA) is 105 Å². The van der Waals surface area contributed by atoms with Gasteiger partial charge in [0.25, 0.3) is 0 Å². The lowest BCUT2D eigenvalue weighted by Gasteiger charge is -2.25. The Kier molecular flexibility index (Phi) is 41.1. The Balaban J connectivity index is 4.31. The summed E-state index contributed by atoms with van der Waals surface area (Å²) in [6.07, 6.45) is 52.5. The second kappa shape index (κ2) is 42.0. The highest BCUT2D eigenvalue weighted by atomic mass is 31.2. The number of carbonyl (C=O) groups excluding carboxylic acids is 1. The molecule has 0 aromatic rings. The number of amides is 1. The van der Waals surface area contributed by atoms with Crippen molar-refractivity contribution in [1.82, 2.24) is 5.32 Å². The molecule has 0 aliphatic carbocycles. The summed E-state index contributed by atoms with van der Waals surface area (Å²) in [5.74, 6) is -0.243. The minimum absolute atomic E-state index is 0.0524. The van der Waals surface area contributed by atoms with Crippen LogP contribution in [0.2, 0.25) is 0 Å². The van der Waals surface area contributed by atoms with Crippen molar-refractivity contribution in [3.8, 4) is 0 Å².